The van der Waals surface area contributed by atoms with Gasteiger partial charge in [0.1, 0.15) is 0 Å². The molecule has 4 N–H and O–H groups in total. The van der Waals surface area contributed by atoms with Crippen molar-refractivity contribution in [3.05, 3.63) is 0 Å². The minimum absolute atomic E-state index is 0.259. The number of carboxylic acid groups (broad SMARTS) is 1. The molecule has 1 fully saturated rings. The number of carbonyl (C=O) groups is 1. The smallest absolute Gasteiger partial charge is 0.306 e. The molecule has 0 spiro atoms. The Morgan fingerprint density at radius 1 is 1.47 bits per heavy atom. The number of nitrogens with two attached hydrogens (primary N) is 1. The van der Waals surface area contributed by atoms with Gasteiger partial charge in [-0.05, 0) is 25.7 Å². The van der Waals surface area contributed by atoms with E-state index in [1.165, 1.54) is 0 Å². The summed E-state index contributed by atoms with van der Waals surface area (Å²) in [6.07, 6.45) is 2.38. The van der Waals surface area contributed by atoms with E-state index in [-0.39, 0.29) is 5.92 Å². The topological polar surface area (TPSA) is 83.5 Å². The maximum Gasteiger partial charge on any atom is 0.306 e. The number of aliphatic carboxylic acids is 1. The van der Waals surface area contributed by atoms with Gasteiger partial charge in [0.2, 0.25) is 0 Å². The maximum atomic E-state index is 10.7. The third kappa shape index (κ3) is 4.01. The van der Waals surface area contributed by atoms with Crippen molar-refractivity contribution in [2.75, 3.05) is 18.1 Å². The van der Waals surface area contributed by atoms with E-state index in [9.17, 15) is 9.90 Å². The van der Waals surface area contributed by atoms with Crippen LogP contribution in [0.1, 0.15) is 25.7 Å². The van der Waals surface area contributed by atoms with Crippen molar-refractivity contribution in [2.45, 2.75) is 31.3 Å². The Hall–Kier alpha value is -0.260. The van der Waals surface area contributed by atoms with Crippen LogP contribution in [-0.4, -0.2) is 39.8 Å². The van der Waals surface area contributed by atoms with Crippen molar-refractivity contribution in [2.24, 2.45) is 11.7 Å². The molecular formula is C10H19NO3S. The summed E-state index contributed by atoms with van der Waals surface area (Å²) in [6.45, 7) is 0.624. The van der Waals surface area contributed by atoms with Gasteiger partial charge in [0.25, 0.3) is 0 Å². The lowest BCUT2D eigenvalue weighted by atomic mass is 9.80. The van der Waals surface area contributed by atoms with Crippen molar-refractivity contribution >= 4 is 17.7 Å². The van der Waals surface area contributed by atoms with Crippen LogP contribution in [0.3, 0.4) is 0 Å². The van der Waals surface area contributed by atoms with E-state index >= 15 is 0 Å². The van der Waals surface area contributed by atoms with Gasteiger partial charge in [0.15, 0.2) is 0 Å². The fourth-order valence-electron chi connectivity index (χ4n) is 1.89. The predicted molar refractivity (Wildman–Crippen MR) is 60.9 cm³/mol. The largest absolute Gasteiger partial charge is 0.481 e. The van der Waals surface area contributed by atoms with Crippen LogP contribution in [0.2, 0.25) is 0 Å². The summed E-state index contributed by atoms with van der Waals surface area (Å²) in [5.41, 5.74) is 4.71. The predicted octanol–water partition coefficient (Wildman–Crippen LogP) is 0.684. The molecule has 0 aliphatic heterocycles. The monoisotopic (exact) mass is 233 g/mol. The standard InChI is InChI=1S/C10H19NO3S/c11-5-6-15-7-10(14)3-1-8(2-4-10)9(12)13/h8,14H,1-7,11H2,(H,12,13). The van der Waals surface area contributed by atoms with Crippen molar-refractivity contribution in [3.63, 3.8) is 0 Å². The lowest BCUT2D eigenvalue weighted by molar-refractivity contribution is -0.144. The van der Waals surface area contributed by atoms with Gasteiger partial charge in [-0.25, -0.2) is 0 Å². The van der Waals surface area contributed by atoms with E-state index in [4.69, 9.17) is 10.8 Å². The Balaban J connectivity index is 2.30. The molecule has 0 amide bonds. The molecule has 88 valence electrons. The first kappa shape index (κ1) is 12.8. The molecule has 1 rings (SSSR count). The average Bonchev–Trinajstić information content (AvgIpc) is 2.18. The second-order valence-corrected chi connectivity index (χ2v) is 5.28. The zero-order chi connectivity index (χ0) is 11.3. The quantitative estimate of drug-likeness (QED) is 0.608. The normalized spacial score (nSPS) is 31.5. The van der Waals surface area contributed by atoms with E-state index in [0.717, 1.165) is 5.75 Å². The van der Waals surface area contributed by atoms with Crippen LogP contribution in [0.15, 0.2) is 0 Å². The highest BCUT2D eigenvalue weighted by atomic mass is 32.2. The Bertz CT molecular complexity index is 215. The maximum absolute atomic E-state index is 10.7. The van der Waals surface area contributed by atoms with Crippen LogP contribution >= 0.6 is 11.8 Å². The minimum Gasteiger partial charge on any atom is -0.481 e. The molecule has 1 aliphatic rings. The molecular weight excluding hydrogens is 214 g/mol. The molecule has 1 aliphatic carbocycles. The summed E-state index contributed by atoms with van der Waals surface area (Å²) < 4.78 is 0. The van der Waals surface area contributed by atoms with Crippen LogP contribution in [0, 0.1) is 5.92 Å². The molecule has 15 heavy (non-hydrogen) atoms. The molecule has 0 radical (unpaired) electrons. The van der Waals surface area contributed by atoms with E-state index in [2.05, 4.69) is 0 Å². The highest BCUT2D eigenvalue weighted by Gasteiger charge is 2.35. The van der Waals surface area contributed by atoms with Crippen molar-refractivity contribution < 1.29 is 15.0 Å². The van der Waals surface area contributed by atoms with Gasteiger partial charge in [-0.2, -0.15) is 11.8 Å². The van der Waals surface area contributed by atoms with E-state index in [1.54, 1.807) is 11.8 Å². The summed E-state index contributed by atoms with van der Waals surface area (Å²) in [4.78, 5) is 10.7. The van der Waals surface area contributed by atoms with E-state index in [0.29, 0.717) is 38.0 Å². The molecule has 4 nitrogen and oxygen atoms in total. The summed E-state index contributed by atoms with van der Waals surface area (Å²) in [5, 5.41) is 19.0. The number of carboxylic acids is 1. The van der Waals surface area contributed by atoms with Gasteiger partial charge in [0.05, 0.1) is 11.5 Å². The molecule has 0 heterocycles. The Kier molecular flexibility index (Phi) is 4.89. The van der Waals surface area contributed by atoms with Crippen molar-refractivity contribution in [1.82, 2.24) is 0 Å². The zero-order valence-corrected chi connectivity index (χ0v) is 9.63. The molecule has 5 heteroatoms. The fourth-order valence-corrected chi connectivity index (χ4v) is 2.87. The van der Waals surface area contributed by atoms with Gasteiger partial charge in [-0.3, -0.25) is 4.79 Å². The highest BCUT2D eigenvalue weighted by molar-refractivity contribution is 7.99. The summed E-state index contributed by atoms with van der Waals surface area (Å²) in [5.74, 6) is 0.540. The Morgan fingerprint density at radius 3 is 2.53 bits per heavy atom. The first-order valence-electron chi connectivity index (χ1n) is 5.30. The third-order valence-electron chi connectivity index (χ3n) is 2.90. The highest BCUT2D eigenvalue weighted by Crippen LogP contribution is 2.34. The number of hydrogen-bond acceptors (Lipinski definition) is 4. The minimum atomic E-state index is -0.730. The van der Waals surface area contributed by atoms with Crippen LogP contribution < -0.4 is 5.73 Å². The second-order valence-electron chi connectivity index (χ2n) is 4.18. The molecule has 0 aromatic heterocycles. The Labute approximate surface area is 94.2 Å². The van der Waals surface area contributed by atoms with Gasteiger partial charge < -0.3 is 15.9 Å². The lowest BCUT2D eigenvalue weighted by Gasteiger charge is -2.34. The lowest BCUT2D eigenvalue weighted by Crippen LogP contribution is -2.38. The van der Waals surface area contributed by atoms with Crippen LogP contribution in [-0.2, 0) is 4.79 Å². The number of thioether (sulfide) groups is 1. The molecule has 0 bridgehead atoms. The molecule has 0 aromatic carbocycles. The van der Waals surface area contributed by atoms with E-state index < -0.39 is 11.6 Å². The summed E-state index contributed by atoms with van der Waals surface area (Å²) >= 11 is 1.65. The van der Waals surface area contributed by atoms with Crippen LogP contribution in [0.5, 0.6) is 0 Å². The fraction of sp³-hybridized carbons (Fsp3) is 0.900. The molecule has 0 atom stereocenters. The van der Waals surface area contributed by atoms with Crippen molar-refractivity contribution in [1.29, 1.82) is 0 Å². The third-order valence-corrected chi connectivity index (χ3v) is 4.16. The molecule has 0 unspecified atom stereocenters. The second kappa shape index (κ2) is 5.72. The van der Waals surface area contributed by atoms with Crippen LogP contribution in [0.4, 0.5) is 0 Å². The molecule has 0 saturated heterocycles. The van der Waals surface area contributed by atoms with Crippen LogP contribution in [0.25, 0.3) is 0 Å². The molecule has 0 aromatic rings. The first-order valence-corrected chi connectivity index (χ1v) is 6.46. The molecule has 1 saturated carbocycles. The van der Waals surface area contributed by atoms with Crippen molar-refractivity contribution in [3.8, 4) is 0 Å². The summed E-state index contributed by atoms with van der Waals surface area (Å²) in [7, 11) is 0. The van der Waals surface area contributed by atoms with Gasteiger partial charge >= 0.3 is 5.97 Å². The Morgan fingerprint density at radius 2 is 2.07 bits per heavy atom. The van der Waals surface area contributed by atoms with Gasteiger partial charge in [-0.1, -0.05) is 0 Å². The van der Waals surface area contributed by atoms with Gasteiger partial charge in [0, 0.05) is 18.1 Å². The average molecular weight is 233 g/mol. The number of hydrogen-bond donors (Lipinski definition) is 3. The number of aliphatic hydroxyl groups is 1. The zero-order valence-electron chi connectivity index (χ0n) is 8.82. The van der Waals surface area contributed by atoms with Gasteiger partial charge in [-0.15, -0.1) is 0 Å². The first-order chi connectivity index (χ1) is 7.07. The summed E-state index contributed by atoms with van der Waals surface area (Å²) in [6, 6.07) is 0. The van der Waals surface area contributed by atoms with E-state index in [1.807, 2.05) is 0 Å². The number of rotatable bonds is 5. The SMILES string of the molecule is NCCSCC1(O)CCC(C(=O)O)CC1.